The van der Waals surface area contributed by atoms with Crippen molar-refractivity contribution in [3.63, 3.8) is 0 Å². The molecule has 5 nitrogen and oxygen atoms in total. The molecule has 0 saturated carbocycles. The monoisotopic (exact) mass is 269 g/mol. The van der Waals surface area contributed by atoms with E-state index in [4.69, 9.17) is 10.8 Å². The number of carbonyl (C=O) groups is 1. The summed E-state index contributed by atoms with van der Waals surface area (Å²) in [5.41, 5.74) is 6.78. The molecule has 1 aromatic carbocycles. The first kappa shape index (κ1) is 14.4. The normalized spacial score (nSPS) is 12.9. The van der Waals surface area contributed by atoms with Gasteiger partial charge in [-0.3, -0.25) is 4.79 Å². The van der Waals surface area contributed by atoms with Crippen LogP contribution < -0.4 is 5.73 Å². The van der Waals surface area contributed by atoms with E-state index in [9.17, 15) is 13.2 Å². The third-order valence-electron chi connectivity index (χ3n) is 2.42. The molecule has 0 heterocycles. The summed E-state index contributed by atoms with van der Waals surface area (Å²) in [7, 11) is -3.28. The van der Waals surface area contributed by atoms with Crippen molar-refractivity contribution in [2.45, 2.75) is 18.2 Å². The van der Waals surface area contributed by atoms with E-state index in [0.717, 1.165) is 11.0 Å². The van der Waals surface area contributed by atoms with Crippen molar-refractivity contribution in [2.75, 3.05) is 0 Å². The van der Waals surface area contributed by atoms with Crippen LogP contribution in [0.5, 0.6) is 0 Å². The Morgan fingerprint density at radius 2 is 1.83 bits per heavy atom. The number of rotatable bonds is 6. The van der Waals surface area contributed by atoms with Gasteiger partial charge in [0.2, 0.25) is 0 Å². The van der Waals surface area contributed by atoms with E-state index in [1.54, 1.807) is 24.3 Å². The molecule has 0 aliphatic carbocycles. The minimum absolute atomic E-state index is 0.109. The van der Waals surface area contributed by atoms with Gasteiger partial charge in [0.1, 0.15) is 6.04 Å². The van der Waals surface area contributed by atoms with Crippen molar-refractivity contribution < 1.29 is 18.3 Å². The lowest BCUT2D eigenvalue weighted by molar-refractivity contribution is -0.138. The minimum atomic E-state index is -3.28. The molecule has 0 spiro atoms. The van der Waals surface area contributed by atoms with Crippen molar-refractivity contribution in [1.82, 2.24) is 0 Å². The average molecular weight is 269 g/mol. The highest BCUT2D eigenvalue weighted by Crippen LogP contribution is 2.10. The van der Waals surface area contributed by atoms with E-state index in [1.165, 1.54) is 0 Å². The van der Waals surface area contributed by atoms with Gasteiger partial charge >= 0.3 is 5.97 Å². The fourth-order valence-corrected chi connectivity index (χ4v) is 2.18. The van der Waals surface area contributed by atoms with Crippen LogP contribution in [0.25, 0.3) is 0 Å². The maximum absolute atomic E-state index is 11.3. The molecule has 0 radical (unpaired) electrons. The number of carboxylic acid groups (broad SMARTS) is 1. The maximum Gasteiger partial charge on any atom is 0.320 e. The zero-order valence-corrected chi connectivity index (χ0v) is 10.6. The number of benzene rings is 1. The van der Waals surface area contributed by atoms with Gasteiger partial charge in [-0.2, -0.15) is 0 Å². The Labute approximate surface area is 106 Å². The number of carboxylic acids is 1. The van der Waals surface area contributed by atoms with E-state index in [2.05, 4.69) is 6.58 Å². The van der Waals surface area contributed by atoms with E-state index in [0.29, 0.717) is 5.56 Å². The molecule has 3 N–H and O–H groups in total. The number of sulfone groups is 1. The molecular weight excluding hydrogens is 254 g/mol. The number of hydrogen-bond acceptors (Lipinski definition) is 4. The molecule has 0 saturated heterocycles. The average Bonchev–Trinajstić information content (AvgIpc) is 2.31. The van der Waals surface area contributed by atoms with Crippen LogP contribution in [0.15, 0.2) is 36.3 Å². The number of nitrogens with two attached hydrogens (primary N) is 1. The Morgan fingerprint density at radius 1 is 1.33 bits per heavy atom. The fourth-order valence-electron chi connectivity index (χ4n) is 1.40. The predicted molar refractivity (Wildman–Crippen MR) is 68.6 cm³/mol. The SMILES string of the molecule is C=CS(=O)(=O)Cc1ccc(CC(N)C(=O)O)cc1. The van der Waals surface area contributed by atoms with Crippen LogP contribution in [0.3, 0.4) is 0 Å². The molecule has 98 valence electrons. The van der Waals surface area contributed by atoms with E-state index >= 15 is 0 Å². The molecule has 0 amide bonds. The highest BCUT2D eigenvalue weighted by molar-refractivity contribution is 7.93. The van der Waals surface area contributed by atoms with Crippen molar-refractivity contribution in [2.24, 2.45) is 5.73 Å². The molecular formula is C12H15NO4S. The van der Waals surface area contributed by atoms with Crippen LogP contribution in [0.4, 0.5) is 0 Å². The summed E-state index contributed by atoms with van der Waals surface area (Å²) in [6, 6.07) is 5.69. The summed E-state index contributed by atoms with van der Waals surface area (Å²) in [5.74, 6) is -1.17. The van der Waals surface area contributed by atoms with Crippen LogP contribution in [0.1, 0.15) is 11.1 Å². The first-order chi connectivity index (χ1) is 8.34. The number of hydrogen-bond donors (Lipinski definition) is 2. The highest BCUT2D eigenvalue weighted by atomic mass is 32.2. The van der Waals surface area contributed by atoms with Crippen LogP contribution in [-0.2, 0) is 26.8 Å². The Morgan fingerprint density at radius 3 is 2.28 bits per heavy atom. The molecule has 0 fully saturated rings. The Balaban J connectivity index is 2.75. The molecule has 0 aliphatic heterocycles. The molecule has 0 aromatic heterocycles. The summed E-state index contributed by atoms with van der Waals surface area (Å²) in [5, 5.41) is 9.59. The second-order valence-electron chi connectivity index (χ2n) is 3.94. The molecule has 1 rings (SSSR count). The van der Waals surface area contributed by atoms with Crippen molar-refractivity contribution in [1.29, 1.82) is 0 Å². The minimum Gasteiger partial charge on any atom is -0.480 e. The van der Waals surface area contributed by atoms with Gasteiger partial charge in [0.25, 0.3) is 0 Å². The van der Waals surface area contributed by atoms with Gasteiger partial charge in [-0.1, -0.05) is 30.8 Å². The summed E-state index contributed by atoms with van der Waals surface area (Å²) >= 11 is 0. The smallest absolute Gasteiger partial charge is 0.320 e. The maximum atomic E-state index is 11.3. The molecule has 1 aromatic rings. The summed E-state index contributed by atoms with van der Waals surface area (Å²) in [6.07, 6.45) is 0.212. The topological polar surface area (TPSA) is 97.5 Å². The van der Waals surface area contributed by atoms with Crippen LogP contribution >= 0.6 is 0 Å². The molecule has 6 heteroatoms. The molecule has 0 aliphatic rings. The lowest BCUT2D eigenvalue weighted by Crippen LogP contribution is -2.32. The van der Waals surface area contributed by atoms with Crippen molar-refractivity contribution in [3.8, 4) is 0 Å². The zero-order valence-electron chi connectivity index (χ0n) is 9.74. The van der Waals surface area contributed by atoms with Gasteiger partial charge in [0, 0.05) is 5.41 Å². The second-order valence-corrected chi connectivity index (χ2v) is 5.89. The van der Waals surface area contributed by atoms with E-state index < -0.39 is 21.8 Å². The van der Waals surface area contributed by atoms with Gasteiger partial charge in [0.05, 0.1) is 5.75 Å². The predicted octanol–water partition coefficient (Wildman–Crippen LogP) is 0.699. The van der Waals surface area contributed by atoms with Crippen LogP contribution in [-0.4, -0.2) is 25.5 Å². The highest BCUT2D eigenvalue weighted by Gasteiger charge is 2.12. The third kappa shape index (κ3) is 4.31. The van der Waals surface area contributed by atoms with E-state index in [1.807, 2.05) is 0 Å². The first-order valence-electron chi connectivity index (χ1n) is 5.25. The third-order valence-corrected chi connectivity index (χ3v) is 3.66. The van der Waals surface area contributed by atoms with Gasteiger partial charge in [-0.05, 0) is 17.5 Å². The number of aliphatic carboxylic acids is 1. The largest absolute Gasteiger partial charge is 0.480 e. The Kier molecular flexibility index (Phi) is 4.63. The van der Waals surface area contributed by atoms with Crippen LogP contribution in [0, 0.1) is 0 Å². The zero-order chi connectivity index (χ0) is 13.8. The fraction of sp³-hybridized carbons (Fsp3) is 0.250. The Hall–Kier alpha value is -1.66. The van der Waals surface area contributed by atoms with Crippen molar-refractivity contribution in [3.05, 3.63) is 47.4 Å². The standard InChI is InChI=1S/C12H15NO4S/c1-2-18(16,17)8-10-5-3-9(4-6-10)7-11(13)12(14)15/h2-6,11H,1,7-8,13H2,(H,14,15). The summed E-state index contributed by atoms with van der Waals surface area (Å²) in [6.45, 7) is 3.24. The van der Waals surface area contributed by atoms with Crippen LogP contribution in [0.2, 0.25) is 0 Å². The van der Waals surface area contributed by atoms with Gasteiger partial charge in [-0.25, -0.2) is 8.42 Å². The molecule has 0 bridgehead atoms. The second kappa shape index (κ2) is 5.79. The summed E-state index contributed by atoms with van der Waals surface area (Å²) in [4.78, 5) is 10.6. The lowest BCUT2D eigenvalue weighted by Gasteiger charge is -2.07. The van der Waals surface area contributed by atoms with Crippen molar-refractivity contribution >= 4 is 15.8 Å². The quantitative estimate of drug-likeness (QED) is 0.792. The summed E-state index contributed by atoms with van der Waals surface area (Å²) < 4.78 is 22.6. The first-order valence-corrected chi connectivity index (χ1v) is 6.97. The molecule has 18 heavy (non-hydrogen) atoms. The molecule has 1 atom stereocenters. The van der Waals surface area contributed by atoms with Gasteiger partial charge < -0.3 is 10.8 Å². The Bertz CT molecular complexity index is 534. The lowest BCUT2D eigenvalue weighted by atomic mass is 10.1. The van der Waals surface area contributed by atoms with E-state index in [-0.39, 0.29) is 12.2 Å². The molecule has 1 unspecified atom stereocenters. The van der Waals surface area contributed by atoms with Gasteiger partial charge in [0.15, 0.2) is 9.84 Å². The van der Waals surface area contributed by atoms with Gasteiger partial charge in [-0.15, -0.1) is 0 Å².